The molecule has 0 amide bonds. The summed E-state index contributed by atoms with van der Waals surface area (Å²) in [7, 11) is 0. The number of ether oxygens (including phenoxy) is 1. The molecule has 1 fully saturated rings. The minimum Gasteiger partial charge on any atom is -0.486 e. The molecule has 0 saturated carbocycles. The Hall–Kier alpha value is -2.59. The van der Waals surface area contributed by atoms with Crippen LogP contribution in [0.1, 0.15) is 30.1 Å². The smallest absolute Gasteiger partial charge is 0.269 e. The standard InChI is InChI=1S/C16H18N6O3S/c23-22(24)12-4-6-13(7-5-12)25-11-15-19-21-14(17-18-16(21)26-15)10-20-8-2-1-3-9-20/h4-7H,1-3,8-11H2. The first-order valence-corrected chi connectivity index (χ1v) is 9.30. The van der Waals surface area contributed by atoms with Crippen molar-refractivity contribution in [1.82, 2.24) is 24.7 Å². The number of piperidine rings is 1. The number of hydrogen-bond donors (Lipinski definition) is 0. The number of aromatic nitrogens is 4. The summed E-state index contributed by atoms with van der Waals surface area (Å²) < 4.78 is 7.45. The molecule has 0 spiro atoms. The Morgan fingerprint density at radius 3 is 2.65 bits per heavy atom. The van der Waals surface area contributed by atoms with Crippen molar-refractivity contribution in [2.24, 2.45) is 0 Å². The third-order valence-electron chi connectivity index (χ3n) is 4.32. The Labute approximate surface area is 153 Å². The van der Waals surface area contributed by atoms with Gasteiger partial charge < -0.3 is 4.74 Å². The number of likely N-dealkylation sites (tertiary alicyclic amines) is 1. The second kappa shape index (κ2) is 7.34. The molecule has 26 heavy (non-hydrogen) atoms. The van der Waals surface area contributed by atoms with Gasteiger partial charge in [0.2, 0.25) is 4.96 Å². The summed E-state index contributed by atoms with van der Waals surface area (Å²) in [4.78, 5) is 13.4. The van der Waals surface area contributed by atoms with Crippen molar-refractivity contribution in [1.29, 1.82) is 0 Å². The van der Waals surface area contributed by atoms with Gasteiger partial charge in [0.1, 0.15) is 12.4 Å². The number of hydrogen-bond acceptors (Lipinski definition) is 8. The molecule has 136 valence electrons. The molecule has 1 saturated heterocycles. The summed E-state index contributed by atoms with van der Waals surface area (Å²) in [5.74, 6) is 1.41. The van der Waals surface area contributed by atoms with Gasteiger partial charge in [-0.15, -0.1) is 10.2 Å². The Kier molecular flexibility index (Phi) is 4.76. The molecule has 0 atom stereocenters. The van der Waals surface area contributed by atoms with Gasteiger partial charge >= 0.3 is 0 Å². The highest BCUT2D eigenvalue weighted by Gasteiger charge is 2.17. The first-order chi connectivity index (χ1) is 12.7. The lowest BCUT2D eigenvalue weighted by molar-refractivity contribution is -0.384. The minimum absolute atomic E-state index is 0.0403. The van der Waals surface area contributed by atoms with Crippen molar-refractivity contribution in [2.75, 3.05) is 13.1 Å². The molecule has 10 heteroatoms. The summed E-state index contributed by atoms with van der Waals surface area (Å²) in [6.07, 6.45) is 3.76. The van der Waals surface area contributed by atoms with Crippen molar-refractivity contribution in [3.8, 4) is 5.75 Å². The van der Waals surface area contributed by atoms with E-state index in [-0.39, 0.29) is 12.3 Å². The zero-order chi connectivity index (χ0) is 17.9. The predicted molar refractivity (Wildman–Crippen MR) is 95.2 cm³/mol. The molecule has 3 aromatic rings. The van der Waals surface area contributed by atoms with E-state index in [4.69, 9.17) is 4.74 Å². The van der Waals surface area contributed by atoms with Crippen LogP contribution in [0.25, 0.3) is 4.96 Å². The van der Waals surface area contributed by atoms with Crippen LogP contribution in [0.2, 0.25) is 0 Å². The monoisotopic (exact) mass is 374 g/mol. The summed E-state index contributed by atoms with van der Waals surface area (Å²) in [5.41, 5.74) is 0.0403. The lowest BCUT2D eigenvalue weighted by Crippen LogP contribution is -2.30. The fourth-order valence-electron chi connectivity index (χ4n) is 2.98. The maximum absolute atomic E-state index is 10.7. The third-order valence-corrected chi connectivity index (χ3v) is 5.19. The average molecular weight is 374 g/mol. The molecule has 1 aliphatic rings. The van der Waals surface area contributed by atoms with Gasteiger partial charge in [0.15, 0.2) is 10.8 Å². The van der Waals surface area contributed by atoms with E-state index in [1.807, 2.05) is 0 Å². The van der Waals surface area contributed by atoms with E-state index in [1.165, 1.54) is 42.7 Å². The molecule has 0 unspecified atom stereocenters. The molecule has 2 aromatic heterocycles. The van der Waals surface area contributed by atoms with Crippen LogP contribution in [-0.2, 0) is 13.2 Å². The fourth-order valence-corrected chi connectivity index (χ4v) is 3.75. The maximum atomic E-state index is 10.7. The number of benzene rings is 1. The molecule has 0 bridgehead atoms. The number of rotatable bonds is 6. The van der Waals surface area contributed by atoms with Crippen LogP contribution in [0.4, 0.5) is 5.69 Å². The zero-order valence-electron chi connectivity index (χ0n) is 14.1. The van der Waals surface area contributed by atoms with Crippen LogP contribution in [0.15, 0.2) is 24.3 Å². The van der Waals surface area contributed by atoms with Crippen LogP contribution < -0.4 is 4.74 Å². The van der Waals surface area contributed by atoms with Crippen molar-refractivity contribution >= 4 is 22.0 Å². The number of nitro benzene ring substituents is 1. The van der Waals surface area contributed by atoms with Crippen molar-refractivity contribution < 1.29 is 9.66 Å². The number of nitro groups is 1. The Morgan fingerprint density at radius 1 is 1.15 bits per heavy atom. The number of nitrogens with zero attached hydrogens (tertiary/aromatic N) is 6. The number of fused-ring (bicyclic) bond motifs is 1. The zero-order valence-corrected chi connectivity index (χ0v) is 14.9. The van der Waals surface area contributed by atoms with E-state index in [9.17, 15) is 10.1 Å². The van der Waals surface area contributed by atoms with Gasteiger partial charge in [0.25, 0.3) is 5.69 Å². The molecule has 9 nitrogen and oxygen atoms in total. The first kappa shape index (κ1) is 16.9. The Bertz CT molecular complexity index is 900. The molecular weight excluding hydrogens is 356 g/mol. The predicted octanol–water partition coefficient (Wildman–Crippen LogP) is 2.66. The highest BCUT2D eigenvalue weighted by molar-refractivity contribution is 7.16. The SMILES string of the molecule is O=[N+]([O-])c1ccc(OCc2nn3c(CN4CCCCC4)nnc3s2)cc1. The summed E-state index contributed by atoms with van der Waals surface area (Å²) in [5, 5.41) is 24.5. The van der Waals surface area contributed by atoms with E-state index < -0.39 is 4.92 Å². The second-order valence-electron chi connectivity index (χ2n) is 6.18. The Morgan fingerprint density at radius 2 is 1.92 bits per heavy atom. The summed E-state index contributed by atoms with van der Waals surface area (Å²) in [6, 6.07) is 6.01. The molecule has 0 aliphatic carbocycles. The van der Waals surface area contributed by atoms with E-state index in [2.05, 4.69) is 20.2 Å². The van der Waals surface area contributed by atoms with E-state index in [1.54, 1.807) is 16.6 Å². The van der Waals surface area contributed by atoms with Gasteiger partial charge in [-0.3, -0.25) is 15.0 Å². The van der Waals surface area contributed by atoms with E-state index >= 15 is 0 Å². The molecule has 0 radical (unpaired) electrons. The van der Waals surface area contributed by atoms with Gasteiger partial charge in [-0.25, -0.2) is 0 Å². The first-order valence-electron chi connectivity index (χ1n) is 8.48. The fraction of sp³-hybridized carbons (Fsp3) is 0.438. The summed E-state index contributed by atoms with van der Waals surface area (Å²) >= 11 is 1.43. The van der Waals surface area contributed by atoms with Crippen LogP contribution in [-0.4, -0.2) is 42.7 Å². The van der Waals surface area contributed by atoms with Gasteiger partial charge in [-0.1, -0.05) is 17.8 Å². The highest BCUT2D eigenvalue weighted by Crippen LogP contribution is 2.21. The molecule has 1 aliphatic heterocycles. The van der Waals surface area contributed by atoms with Crippen LogP contribution in [0.5, 0.6) is 5.75 Å². The van der Waals surface area contributed by atoms with Crippen molar-refractivity contribution in [2.45, 2.75) is 32.4 Å². The van der Waals surface area contributed by atoms with Crippen molar-refractivity contribution in [3.05, 3.63) is 45.2 Å². The second-order valence-corrected chi connectivity index (χ2v) is 7.22. The minimum atomic E-state index is -0.434. The van der Waals surface area contributed by atoms with Gasteiger partial charge in [0.05, 0.1) is 11.5 Å². The van der Waals surface area contributed by atoms with Gasteiger partial charge in [-0.05, 0) is 38.1 Å². The highest BCUT2D eigenvalue weighted by atomic mass is 32.1. The van der Waals surface area contributed by atoms with Crippen molar-refractivity contribution in [3.63, 3.8) is 0 Å². The van der Waals surface area contributed by atoms with E-state index in [0.29, 0.717) is 5.75 Å². The third kappa shape index (κ3) is 3.65. The molecular formula is C16H18N6O3S. The van der Waals surface area contributed by atoms with Crippen LogP contribution in [0, 0.1) is 10.1 Å². The van der Waals surface area contributed by atoms with Crippen LogP contribution >= 0.6 is 11.3 Å². The van der Waals surface area contributed by atoms with E-state index in [0.717, 1.165) is 35.4 Å². The van der Waals surface area contributed by atoms with Gasteiger partial charge in [0, 0.05) is 12.1 Å². The molecule has 4 rings (SSSR count). The lowest BCUT2D eigenvalue weighted by Gasteiger charge is -2.25. The lowest BCUT2D eigenvalue weighted by atomic mass is 10.1. The topological polar surface area (TPSA) is 98.7 Å². The molecule has 0 N–H and O–H groups in total. The molecule has 3 heterocycles. The van der Waals surface area contributed by atoms with Crippen LogP contribution in [0.3, 0.4) is 0 Å². The quantitative estimate of drug-likeness (QED) is 0.483. The Balaban J connectivity index is 1.41. The normalized spacial score (nSPS) is 15.4. The maximum Gasteiger partial charge on any atom is 0.269 e. The van der Waals surface area contributed by atoms with Gasteiger partial charge in [-0.2, -0.15) is 9.61 Å². The average Bonchev–Trinajstić information content (AvgIpc) is 3.23. The largest absolute Gasteiger partial charge is 0.486 e. The summed E-state index contributed by atoms with van der Waals surface area (Å²) in [6.45, 7) is 3.23. The molecule has 1 aromatic carbocycles. The number of non-ortho nitro benzene ring substituents is 1.